The molecule has 2 fully saturated rings. The van der Waals surface area contributed by atoms with Crippen molar-refractivity contribution in [2.75, 3.05) is 25.0 Å². The van der Waals surface area contributed by atoms with Crippen molar-refractivity contribution in [2.24, 2.45) is 0 Å². The first-order valence-corrected chi connectivity index (χ1v) is 8.03. The van der Waals surface area contributed by atoms with Crippen LogP contribution >= 0.6 is 0 Å². The van der Waals surface area contributed by atoms with E-state index in [1.165, 1.54) is 38.8 Å². The third-order valence-electron chi connectivity index (χ3n) is 4.54. The monoisotopic (exact) mass is 288 g/mol. The average molecular weight is 288 g/mol. The maximum absolute atomic E-state index is 11.9. The number of amides is 1. The van der Waals surface area contributed by atoms with Gasteiger partial charge < -0.3 is 10.6 Å². The lowest BCUT2D eigenvalue weighted by atomic mass is 9.99. The molecule has 114 valence electrons. The Kier molecular flexibility index (Phi) is 4.39. The average Bonchev–Trinajstić information content (AvgIpc) is 2.91. The normalized spacial score (nSPS) is 25.4. The minimum absolute atomic E-state index is 0.105. The predicted octanol–water partition coefficient (Wildman–Crippen LogP) is 1.87. The molecule has 3 rings (SSSR count). The number of rotatable bonds is 4. The van der Waals surface area contributed by atoms with E-state index in [2.05, 4.69) is 20.5 Å². The van der Waals surface area contributed by atoms with Gasteiger partial charge in [-0.3, -0.25) is 14.7 Å². The summed E-state index contributed by atoms with van der Waals surface area (Å²) < 4.78 is 0. The molecule has 2 saturated heterocycles. The molecule has 2 N–H and O–H groups in total. The van der Waals surface area contributed by atoms with Gasteiger partial charge in [0, 0.05) is 37.1 Å². The molecule has 5 nitrogen and oxygen atoms in total. The first-order valence-electron chi connectivity index (χ1n) is 8.03. The van der Waals surface area contributed by atoms with Gasteiger partial charge in [0.1, 0.15) is 5.69 Å². The van der Waals surface area contributed by atoms with Crippen LogP contribution < -0.4 is 10.6 Å². The van der Waals surface area contributed by atoms with Crippen LogP contribution in [0, 0.1) is 0 Å². The van der Waals surface area contributed by atoms with Crippen molar-refractivity contribution in [3.63, 3.8) is 0 Å². The number of hydrogen-bond acceptors (Lipinski definition) is 4. The van der Waals surface area contributed by atoms with E-state index in [1.807, 2.05) is 19.1 Å². The fraction of sp³-hybridized carbons (Fsp3) is 0.625. The van der Waals surface area contributed by atoms with Gasteiger partial charge in [0.25, 0.3) is 5.91 Å². The molecule has 0 aromatic carbocycles. The van der Waals surface area contributed by atoms with Crippen LogP contribution in [0.3, 0.4) is 0 Å². The van der Waals surface area contributed by atoms with Crippen LogP contribution in [0.15, 0.2) is 18.3 Å². The highest BCUT2D eigenvalue weighted by atomic mass is 16.1. The van der Waals surface area contributed by atoms with Crippen LogP contribution in [0.4, 0.5) is 5.69 Å². The number of carbonyl (C=O) groups is 1. The molecule has 0 saturated carbocycles. The minimum atomic E-state index is -0.105. The summed E-state index contributed by atoms with van der Waals surface area (Å²) in [7, 11) is 0. The summed E-state index contributed by atoms with van der Waals surface area (Å²) >= 11 is 0. The van der Waals surface area contributed by atoms with E-state index >= 15 is 0 Å². The van der Waals surface area contributed by atoms with Gasteiger partial charge in [-0.2, -0.15) is 0 Å². The van der Waals surface area contributed by atoms with Gasteiger partial charge in [0.15, 0.2) is 0 Å². The molecular weight excluding hydrogens is 264 g/mol. The molecule has 2 aliphatic heterocycles. The maximum atomic E-state index is 11.9. The van der Waals surface area contributed by atoms with Gasteiger partial charge in [0.2, 0.25) is 0 Å². The SMILES string of the molecule is CCNC(=O)c1cc(NC2CCN3CCCCC23)ccn1. The Balaban J connectivity index is 1.67. The molecule has 1 aromatic heterocycles. The van der Waals surface area contributed by atoms with Crippen LogP contribution in [-0.4, -0.2) is 47.5 Å². The maximum Gasteiger partial charge on any atom is 0.269 e. The zero-order valence-electron chi connectivity index (χ0n) is 12.6. The van der Waals surface area contributed by atoms with E-state index in [0.717, 1.165) is 5.69 Å². The molecule has 1 aromatic rings. The van der Waals surface area contributed by atoms with Crippen molar-refractivity contribution in [1.29, 1.82) is 0 Å². The first-order chi connectivity index (χ1) is 10.3. The van der Waals surface area contributed by atoms with Crippen molar-refractivity contribution in [3.8, 4) is 0 Å². The van der Waals surface area contributed by atoms with E-state index in [-0.39, 0.29) is 5.91 Å². The summed E-state index contributed by atoms with van der Waals surface area (Å²) in [5.41, 5.74) is 1.49. The Morgan fingerprint density at radius 1 is 1.38 bits per heavy atom. The highest BCUT2D eigenvalue weighted by Gasteiger charge is 2.35. The summed E-state index contributed by atoms with van der Waals surface area (Å²) in [6.45, 7) is 4.97. The zero-order valence-corrected chi connectivity index (χ0v) is 12.6. The number of fused-ring (bicyclic) bond motifs is 1. The number of nitrogens with zero attached hydrogens (tertiary/aromatic N) is 2. The molecule has 2 atom stereocenters. The summed E-state index contributed by atoms with van der Waals surface area (Å²) in [6, 6.07) is 4.96. The van der Waals surface area contributed by atoms with Crippen molar-refractivity contribution >= 4 is 11.6 Å². The minimum Gasteiger partial charge on any atom is -0.381 e. The van der Waals surface area contributed by atoms with Gasteiger partial charge in [-0.05, 0) is 44.9 Å². The first kappa shape index (κ1) is 14.3. The number of aromatic nitrogens is 1. The molecule has 2 aliphatic rings. The molecule has 21 heavy (non-hydrogen) atoms. The molecule has 3 heterocycles. The van der Waals surface area contributed by atoms with E-state index in [9.17, 15) is 4.79 Å². The molecular formula is C16H24N4O. The molecule has 0 bridgehead atoms. The lowest BCUT2D eigenvalue weighted by Crippen LogP contribution is -2.41. The number of anilines is 1. The number of carbonyl (C=O) groups excluding carboxylic acids is 1. The van der Waals surface area contributed by atoms with E-state index in [0.29, 0.717) is 24.3 Å². The number of piperidine rings is 1. The summed E-state index contributed by atoms with van der Waals surface area (Å²) in [6.07, 6.45) is 6.84. The highest BCUT2D eigenvalue weighted by molar-refractivity contribution is 5.93. The van der Waals surface area contributed by atoms with Crippen LogP contribution in [0.5, 0.6) is 0 Å². The number of hydrogen-bond donors (Lipinski definition) is 2. The van der Waals surface area contributed by atoms with Crippen LogP contribution in [0.1, 0.15) is 43.1 Å². The van der Waals surface area contributed by atoms with Gasteiger partial charge >= 0.3 is 0 Å². The quantitative estimate of drug-likeness (QED) is 0.888. The van der Waals surface area contributed by atoms with Crippen LogP contribution in [0.2, 0.25) is 0 Å². The Hall–Kier alpha value is -1.62. The van der Waals surface area contributed by atoms with Crippen LogP contribution in [0.25, 0.3) is 0 Å². The van der Waals surface area contributed by atoms with Crippen molar-refractivity contribution in [2.45, 2.75) is 44.7 Å². The molecule has 5 heteroatoms. The van der Waals surface area contributed by atoms with Crippen molar-refractivity contribution < 1.29 is 4.79 Å². The third-order valence-corrected chi connectivity index (χ3v) is 4.54. The molecule has 0 radical (unpaired) electrons. The standard InChI is InChI=1S/C16H24N4O/c1-2-17-16(21)14-11-12(6-8-18-14)19-13-7-10-20-9-4-3-5-15(13)20/h6,8,11,13,15H,2-5,7,9-10H2,1H3,(H,17,21)(H,18,19). The Morgan fingerprint density at radius 3 is 3.14 bits per heavy atom. The Labute approximate surface area is 126 Å². The second kappa shape index (κ2) is 6.43. The zero-order chi connectivity index (χ0) is 14.7. The van der Waals surface area contributed by atoms with E-state index < -0.39 is 0 Å². The van der Waals surface area contributed by atoms with Crippen LogP contribution in [-0.2, 0) is 0 Å². The molecule has 0 aliphatic carbocycles. The number of pyridine rings is 1. The Bertz CT molecular complexity index is 505. The number of nitrogens with one attached hydrogen (secondary N) is 2. The van der Waals surface area contributed by atoms with E-state index in [4.69, 9.17) is 0 Å². The Morgan fingerprint density at radius 2 is 2.29 bits per heavy atom. The molecule has 2 unspecified atom stereocenters. The second-order valence-electron chi connectivity index (χ2n) is 5.93. The van der Waals surface area contributed by atoms with E-state index in [1.54, 1.807) is 6.20 Å². The smallest absolute Gasteiger partial charge is 0.269 e. The molecule has 0 spiro atoms. The summed E-state index contributed by atoms with van der Waals surface area (Å²) in [5.74, 6) is -0.105. The lowest BCUT2D eigenvalue weighted by molar-refractivity contribution is 0.0951. The fourth-order valence-corrected chi connectivity index (χ4v) is 3.53. The van der Waals surface area contributed by atoms with Gasteiger partial charge in [-0.25, -0.2) is 0 Å². The lowest BCUT2D eigenvalue weighted by Gasteiger charge is -2.33. The summed E-state index contributed by atoms with van der Waals surface area (Å²) in [5, 5.41) is 6.41. The predicted molar refractivity (Wildman–Crippen MR) is 83.5 cm³/mol. The van der Waals surface area contributed by atoms with Crippen molar-refractivity contribution in [1.82, 2.24) is 15.2 Å². The van der Waals surface area contributed by atoms with Gasteiger partial charge in [-0.1, -0.05) is 6.42 Å². The largest absolute Gasteiger partial charge is 0.381 e. The third kappa shape index (κ3) is 3.18. The van der Waals surface area contributed by atoms with Crippen molar-refractivity contribution in [3.05, 3.63) is 24.0 Å². The van der Waals surface area contributed by atoms with Gasteiger partial charge in [-0.15, -0.1) is 0 Å². The van der Waals surface area contributed by atoms with Gasteiger partial charge in [0.05, 0.1) is 0 Å². The summed E-state index contributed by atoms with van der Waals surface area (Å²) in [4.78, 5) is 18.6. The molecule has 1 amide bonds. The highest BCUT2D eigenvalue weighted by Crippen LogP contribution is 2.29. The fourth-order valence-electron chi connectivity index (χ4n) is 3.53. The topological polar surface area (TPSA) is 57.3 Å². The second-order valence-corrected chi connectivity index (χ2v) is 5.93.